The average Bonchev–Trinajstić information content (AvgIpc) is 3.59. The van der Waals surface area contributed by atoms with Crippen LogP contribution in [0.1, 0.15) is 39.9 Å². The van der Waals surface area contributed by atoms with Gasteiger partial charge in [-0.1, -0.05) is 11.6 Å². The summed E-state index contributed by atoms with van der Waals surface area (Å²) in [6.07, 6.45) is -2.96. The van der Waals surface area contributed by atoms with E-state index in [0.29, 0.717) is 18.9 Å². The van der Waals surface area contributed by atoms with Gasteiger partial charge in [0, 0.05) is 17.5 Å². The van der Waals surface area contributed by atoms with E-state index in [4.69, 9.17) is 21.1 Å². The first kappa shape index (κ1) is 26.9. The minimum Gasteiger partial charge on any atom is -0.456 e. The lowest BCUT2D eigenvalue weighted by atomic mass is 10.1. The summed E-state index contributed by atoms with van der Waals surface area (Å²) in [7, 11) is -3.16. The molecule has 196 valence electrons. The van der Waals surface area contributed by atoms with Crippen molar-refractivity contribution in [1.29, 1.82) is 4.78 Å². The Labute approximate surface area is 214 Å². The molecule has 12 heteroatoms. The summed E-state index contributed by atoms with van der Waals surface area (Å²) in [6.45, 7) is 1.48. The topological polar surface area (TPSA) is 79.2 Å². The molecular weight excluding hydrogens is 539 g/mol. The average molecular weight is 559 g/mol. The maximum atomic E-state index is 14.6. The Balaban J connectivity index is 1.74. The van der Waals surface area contributed by atoms with Crippen molar-refractivity contribution < 1.29 is 35.7 Å². The Bertz CT molecular complexity index is 1520. The van der Waals surface area contributed by atoms with Crippen LogP contribution in [0.15, 0.2) is 48.5 Å². The second-order valence-electron chi connectivity index (χ2n) is 8.82. The molecule has 0 spiro atoms. The van der Waals surface area contributed by atoms with E-state index in [1.54, 1.807) is 0 Å². The number of ether oxygens (including phenoxy) is 1. The van der Waals surface area contributed by atoms with Gasteiger partial charge in [-0.3, -0.25) is 9.57 Å². The molecule has 0 aliphatic heterocycles. The molecule has 1 aliphatic carbocycles. The summed E-state index contributed by atoms with van der Waals surface area (Å²) in [5.74, 6) is -2.67. The number of rotatable bonds is 6. The minimum absolute atomic E-state index is 0.0108. The monoisotopic (exact) mass is 558 g/mol. The highest BCUT2D eigenvalue weighted by Gasteiger charge is 2.52. The van der Waals surface area contributed by atoms with Gasteiger partial charge in [-0.2, -0.15) is 13.2 Å². The molecule has 1 aliphatic rings. The maximum absolute atomic E-state index is 14.6. The van der Waals surface area contributed by atoms with Crippen LogP contribution in [0.5, 0.6) is 11.5 Å². The third-order valence-electron chi connectivity index (χ3n) is 6.14. The van der Waals surface area contributed by atoms with Crippen LogP contribution in [-0.2, 0) is 20.7 Å². The van der Waals surface area contributed by atoms with Crippen LogP contribution < -0.4 is 10.1 Å². The molecule has 0 aromatic heterocycles. The number of alkyl halides is 3. The number of carbonyl (C=O) groups is 1. The second kappa shape index (κ2) is 9.29. The molecule has 1 unspecified atom stereocenters. The van der Waals surface area contributed by atoms with E-state index in [1.807, 2.05) is 0 Å². The van der Waals surface area contributed by atoms with Gasteiger partial charge in [0.2, 0.25) is 0 Å². The lowest BCUT2D eigenvalue weighted by Gasteiger charge is -2.19. The zero-order valence-corrected chi connectivity index (χ0v) is 21.0. The largest absolute Gasteiger partial charge is 0.456 e. The number of hydrogen-bond donors (Lipinski definition) is 2. The number of benzene rings is 3. The van der Waals surface area contributed by atoms with E-state index >= 15 is 0 Å². The predicted molar refractivity (Wildman–Crippen MR) is 130 cm³/mol. The highest BCUT2D eigenvalue weighted by molar-refractivity contribution is 7.93. The van der Waals surface area contributed by atoms with Crippen LogP contribution in [0, 0.1) is 23.3 Å². The van der Waals surface area contributed by atoms with Gasteiger partial charge >= 0.3 is 6.18 Å². The molecule has 0 bridgehead atoms. The molecule has 1 atom stereocenters. The van der Waals surface area contributed by atoms with Crippen molar-refractivity contribution in [1.82, 2.24) is 0 Å². The normalized spacial score (nSPS) is 16.1. The Hall–Kier alpha value is -3.18. The predicted octanol–water partition coefficient (Wildman–Crippen LogP) is 7.66. The number of carbonyl (C=O) groups excluding carboxylic acids is 1. The quantitative estimate of drug-likeness (QED) is 0.305. The van der Waals surface area contributed by atoms with Crippen molar-refractivity contribution in [3.63, 3.8) is 0 Å². The number of nitrogens with one attached hydrogen (secondary N) is 2. The number of aryl methyl sites for hydroxylation is 1. The number of amides is 1. The Morgan fingerprint density at radius 3 is 2.32 bits per heavy atom. The lowest BCUT2D eigenvalue weighted by Crippen LogP contribution is -2.20. The van der Waals surface area contributed by atoms with Crippen molar-refractivity contribution in [2.75, 3.05) is 11.6 Å². The first-order valence-corrected chi connectivity index (χ1v) is 13.2. The molecule has 3 aromatic rings. The van der Waals surface area contributed by atoms with Gasteiger partial charge in [0.05, 0.1) is 30.6 Å². The van der Waals surface area contributed by atoms with Crippen molar-refractivity contribution in [3.8, 4) is 11.5 Å². The van der Waals surface area contributed by atoms with Gasteiger partial charge in [-0.25, -0.2) is 13.0 Å². The SMILES string of the molecule is Cc1cc(F)ccc1Oc1cc(C(F)(F)F)c(Cl)cc1C(=O)Nc1ccc(F)c(C2(S(C)(=N)=O)CC2)c1. The van der Waals surface area contributed by atoms with E-state index in [0.717, 1.165) is 24.3 Å². The van der Waals surface area contributed by atoms with E-state index < -0.39 is 54.5 Å². The van der Waals surface area contributed by atoms with Gasteiger partial charge < -0.3 is 10.1 Å². The minimum atomic E-state index is -4.85. The fourth-order valence-electron chi connectivity index (χ4n) is 4.01. The highest BCUT2D eigenvalue weighted by atomic mass is 35.5. The van der Waals surface area contributed by atoms with Crippen LogP contribution in [-0.4, -0.2) is 16.4 Å². The number of hydrogen-bond acceptors (Lipinski definition) is 4. The molecule has 0 heterocycles. The molecule has 1 amide bonds. The lowest BCUT2D eigenvalue weighted by molar-refractivity contribution is -0.137. The molecular formula is C25H20ClF5N2O3S. The van der Waals surface area contributed by atoms with Gasteiger partial charge in [-0.15, -0.1) is 0 Å². The van der Waals surface area contributed by atoms with Crippen molar-refractivity contribution in [2.45, 2.75) is 30.7 Å². The van der Waals surface area contributed by atoms with Crippen LogP contribution in [0.3, 0.4) is 0 Å². The molecule has 5 nitrogen and oxygen atoms in total. The molecule has 0 radical (unpaired) electrons. The fraction of sp³-hybridized carbons (Fsp3) is 0.240. The first-order valence-electron chi connectivity index (χ1n) is 10.8. The molecule has 0 saturated heterocycles. The number of halogens is 6. The first-order chi connectivity index (χ1) is 17.1. The third-order valence-corrected chi connectivity index (χ3v) is 8.57. The van der Waals surface area contributed by atoms with E-state index in [-0.39, 0.29) is 28.1 Å². The molecule has 4 rings (SSSR count). The Morgan fingerprint density at radius 1 is 1.08 bits per heavy atom. The van der Waals surface area contributed by atoms with Gasteiger partial charge in [0.25, 0.3) is 5.91 Å². The fourth-order valence-corrected chi connectivity index (χ4v) is 5.74. The van der Waals surface area contributed by atoms with Gasteiger partial charge in [0.15, 0.2) is 0 Å². The van der Waals surface area contributed by atoms with Gasteiger partial charge in [-0.05, 0) is 73.9 Å². The summed E-state index contributed by atoms with van der Waals surface area (Å²) >= 11 is 5.84. The van der Waals surface area contributed by atoms with E-state index in [2.05, 4.69) is 5.32 Å². The van der Waals surface area contributed by atoms with Crippen molar-refractivity contribution in [3.05, 3.63) is 87.4 Å². The van der Waals surface area contributed by atoms with Crippen molar-refractivity contribution >= 4 is 32.9 Å². The zero-order chi connectivity index (χ0) is 27.3. The van der Waals surface area contributed by atoms with Crippen molar-refractivity contribution in [2.24, 2.45) is 0 Å². The summed E-state index contributed by atoms with van der Waals surface area (Å²) in [6, 6.07) is 8.27. The summed E-state index contributed by atoms with van der Waals surface area (Å²) in [5.41, 5.74) is -1.26. The second-order valence-corrected chi connectivity index (χ2v) is 11.7. The standard InChI is InChI=1S/C25H20ClF5N2O3S/c1-13-9-14(27)3-6-21(13)36-22-12-17(25(29,30)31)19(26)11-16(22)23(34)33-15-4-5-20(28)18(10-15)24(7-8-24)37(2,32)35/h3-6,9-12,32H,7-8H2,1-2H3,(H,33,34). The van der Waals surface area contributed by atoms with Crippen LogP contribution in [0.4, 0.5) is 27.6 Å². The smallest absolute Gasteiger partial charge is 0.417 e. The van der Waals surface area contributed by atoms with Crippen LogP contribution >= 0.6 is 11.6 Å². The highest BCUT2D eigenvalue weighted by Crippen LogP contribution is 2.54. The third kappa shape index (κ3) is 5.28. The van der Waals surface area contributed by atoms with E-state index in [1.165, 1.54) is 31.4 Å². The molecule has 2 N–H and O–H groups in total. The zero-order valence-electron chi connectivity index (χ0n) is 19.4. The molecule has 37 heavy (non-hydrogen) atoms. The number of anilines is 1. The van der Waals surface area contributed by atoms with Crippen LogP contribution in [0.25, 0.3) is 0 Å². The Morgan fingerprint density at radius 2 is 1.76 bits per heavy atom. The van der Waals surface area contributed by atoms with Gasteiger partial charge in [0.1, 0.15) is 23.1 Å². The molecule has 1 fully saturated rings. The summed E-state index contributed by atoms with van der Waals surface area (Å²) < 4.78 is 93.4. The summed E-state index contributed by atoms with van der Waals surface area (Å²) in [5, 5.41) is 1.72. The molecule has 1 saturated carbocycles. The molecule has 3 aromatic carbocycles. The van der Waals surface area contributed by atoms with Crippen LogP contribution in [0.2, 0.25) is 5.02 Å². The summed E-state index contributed by atoms with van der Waals surface area (Å²) in [4.78, 5) is 13.2. The van der Waals surface area contributed by atoms with E-state index in [9.17, 15) is 31.0 Å². The Kier molecular flexibility index (Phi) is 6.74. The maximum Gasteiger partial charge on any atom is 0.417 e.